The maximum Gasteiger partial charge on any atom is 0.339 e. The molecule has 0 bridgehead atoms. The maximum absolute atomic E-state index is 12.5. The van der Waals surface area contributed by atoms with E-state index in [2.05, 4.69) is 5.32 Å². The lowest BCUT2D eigenvalue weighted by Gasteiger charge is -2.14. The van der Waals surface area contributed by atoms with Crippen molar-refractivity contribution >= 4 is 28.5 Å². The second kappa shape index (κ2) is 9.26. The van der Waals surface area contributed by atoms with Crippen LogP contribution in [-0.4, -0.2) is 28.7 Å². The summed E-state index contributed by atoms with van der Waals surface area (Å²) < 4.78 is 7.12. The molecule has 1 amide bonds. The SMILES string of the molecule is COc1cc(Cn2ccc(=O)c3cc(NC(=O)CC4CCCC4)ccc32)ccc1C(=O)O. The van der Waals surface area contributed by atoms with Crippen LogP contribution in [-0.2, 0) is 11.3 Å². The van der Waals surface area contributed by atoms with Crippen molar-refractivity contribution in [2.24, 2.45) is 5.92 Å². The smallest absolute Gasteiger partial charge is 0.339 e. The summed E-state index contributed by atoms with van der Waals surface area (Å²) >= 11 is 0. The molecular formula is C25H26N2O5. The molecule has 0 aliphatic heterocycles. The van der Waals surface area contributed by atoms with E-state index in [4.69, 9.17) is 4.74 Å². The summed E-state index contributed by atoms with van der Waals surface area (Å²) in [5.41, 5.74) is 2.15. The minimum atomic E-state index is -1.05. The topological polar surface area (TPSA) is 97.6 Å². The van der Waals surface area contributed by atoms with Gasteiger partial charge in [-0.15, -0.1) is 0 Å². The summed E-state index contributed by atoms with van der Waals surface area (Å²) in [6, 6.07) is 11.8. The van der Waals surface area contributed by atoms with Crippen molar-refractivity contribution in [1.29, 1.82) is 0 Å². The number of pyridine rings is 1. The van der Waals surface area contributed by atoms with E-state index in [0.717, 1.165) is 23.9 Å². The molecule has 0 unspecified atom stereocenters. The Morgan fingerprint density at radius 2 is 1.91 bits per heavy atom. The fourth-order valence-corrected chi connectivity index (χ4v) is 4.42. The van der Waals surface area contributed by atoms with Crippen LogP contribution >= 0.6 is 0 Å². The number of carboxylic acid groups (broad SMARTS) is 1. The molecule has 1 saturated carbocycles. The molecule has 0 saturated heterocycles. The second-order valence-electron chi connectivity index (χ2n) is 8.28. The van der Waals surface area contributed by atoms with E-state index in [-0.39, 0.29) is 22.6 Å². The summed E-state index contributed by atoms with van der Waals surface area (Å²) in [6.07, 6.45) is 6.82. The van der Waals surface area contributed by atoms with E-state index in [1.165, 1.54) is 32.1 Å². The summed E-state index contributed by atoms with van der Waals surface area (Å²) in [7, 11) is 1.43. The molecule has 2 aromatic carbocycles. The van der Waals surface area contributed by atoms with Crippen LogP contribution < -0.4 is 15.5 Å². The van der Waals surface area contributed by atoms with Crippen LogP contribution in [0.3, 0.4) is 0 Å². The molecule has 7 nitrogen and oxygen atoms in total. The number of carbonyl (C=O) groups excluding carboxylic acids is 1. The highest BCUT2D eigenvalue weighted by atomic mass is 16.5. The van der Waals surface area contributed by atoms with Crippen molar-refractivity contribution in [3.8, 4) is 5.75 Å². The number of ether oxygens (including phenoxy) is 1. The summed E-state index contributed by atoms with van der Waals surface area (Å²) in [5, 5.41) is 12.7. The first-order valence-electron chi connectivity index (χ1n) is 10.8. The molecule has 3 aromatic rings. The minimum Gasteiger partial charge on any atom is -0.496 e. The Morgan fingerprint density at radius 3 is 2.62 bits per heavy atom. The molecule has 7 heteroatoms. The molecule has 1 heterocycles. The van der Waals surface area contributed by atoms with Crippen molar-refractivity contribution in [3.63, 3.8) is 0 Å². The van der Waals surface area contributed by atoms with Crippen molar-refractivity contribution < 1.29 is 19.4 Å². The Labute approximate surface area is 185 Å². The number of hydrogen-bond donors (Lipinski definition) is 2. The van der Waals surface area contributed by atoms with E-state index in [1.54, 1.807) is 30.5 Å². The van der Waals surface area contributed by atoms with Crippen LogP contribution in [0, 0.1) is 5.92 Å². The van der Waals surface area contributed by atoms with E-state index in [0.29, 0.717) is 30.0 Å². The van der Waals surface area contributed by atoms with Crippen molar-refractivity contribution in [2.75, 3.05) is 12.4 Å². The first-order valence-corrected chi connectivity index (χ1v) is 10.8. The number of nitrogens with zero attached hydrogens (tertiary/aromatic N) is 1. The van der Waals surface area contributed by atoms with E-state index >= 15 is 0 Å². The van der Waals surface area contributed by atoms with Gasteiger partial charge in [0.15, 0.2) is 5.43 Å². The van der Waals surface area contributed by atoms with Crippen LogP contribution in [0.1, 0.15) is 48.0 Å². The summed E-state index contributed by atoms with van der Waals surface area (Å²) in [5.74, 6) is -0.326. The number of carbonyl (C=O) groups is 2. The number of aromatic carboxylic acids is 1. The number of fused-ring (bicyclic) bond motifs is 1. The van der Waals surface area contributed by atoms with Crippen LogP contribution in [0.2, 0.25) is 0 Å². The predicted octanol–water partition coefficient (Wildman–Crippen LogP) is 4.28. The zero-order chi connectivity index (χ0) is 22.7. The maximum atomic E-state index is 12.5. The molecule has 1 aliphatic carbocycles. The third-order valence-corrected chi connectivity index (χ3v) is 6.06. The van der Waals surface area contributed by atoms with Gasteiger partial charge in [0.05, 0.1) is 12.6 Å². The molecule has 1 fully saturated rings. The Morgan fingerprint density at radius 1 is 1.12 bits per heavy atom. The average Bonchev–Trinajstić information content (AvgIpc) is 3.28. The summed E-state index contributed by atoms with van der Waals surface area (Å²) in [4.78, 5) is 36.2. The molecule has 4 rings (SSSR count). The number of carboxylic acids is 1. The van der Waals surface area contributed by atoms with Gasteiger partial charge in [-0.05, 0) is 54.7 Å². The van der Waals surface area contributed by atoms with Crippen molar-refractivity contribution in [2.45, 2.75) is 38.6 Å². The largest absolute Gasteiger partial charge is 0.496 e. The Hall–Kier alpha value is -3.61. The zero-order valence-corrected chi connectivity index (χ0v) is 18.0. The zero-order valence-electron chi connectivity index (χ0n) is 18.0. The third kappa shape index (κ3) is 4.66. The fourth-order valence-electron chi connectivity index (χ4n) is 4.42. The quantitative estimate of drug-likeness (QED) is 0.579. The number of methoxy groups -OCH3 is 1. The number of anilines is 1. The van der Waals surface area contributed by atoms with Gasteiger partial charge in [-0.3, -0.25) is 9.59 Å². The van der Waals surface area contributed by atoms with Gasteiger partial charge in [0.1, 0.15) is 11.3 Å². The number of rotatable bonds is 7. The molecule has 166 valence electrons. The van der Waals surface area contributed by atoms with Gasteiger partial charge < -0.3 is 19.7 Å². The minimum absolute atomic E-state index is 0.0156. The van der Waals surface area contributed by atoms with Crippen LogP contribution in [0.25, 0.3) is 10.9 Å². The third-order valence-electron chi connectivity index (χ3n) is 6.06. The Bertz CT molecular complexity index is 1220. The van der Waals surface area contributed by atoms with Gasteiger partial charge in [-0.1, -0.05) is 18.9 Å². The lowest BCUT2D eigenvalue weighted by atomic mass is 10.0. The standard InChI is InChI=1S/C25H26N2O5/c1-32-23-12-17(6-8-19(23)25(30)31)15-27-11-10-22(28)20-14-18(7-9-21(20)27)26-24(29)13-16-4-2-3-5-16/h6-12,14,16H,2-5,13,15H2,1H3,(H,26,29)(H,30,31). The number of benzene rings is 2. The number of nitrogens with one attached hydrogen (secondary N) is 1. The molecule has 32 heavy (non-hydrogen) atoms. The van der Waals surface area contributed by atoms with Gasteiger partial charge in [0.2, 0.25) is 5.91 Å². The molecule has 1 aliphatic rings. The second-order valence-corrected chi connectivity index (χ2v) is 8.28. The molecule has 1 aromatic heterocycles. The van der Waals surface area contributed by atoms with Gasteiger partial charge in [0, 0.05) is 36.3 Å². The van der Waals surface area contributed by atoms with Crippen LogP contribution in [0.15, 0.2) is 53.5 Å². The molecule has 0 spiro atoms. The molecule has 0 atom stereocenters. The normalized spacial score (nSPS) is 13.9. The number of hydrogen-bond acceptors (Lipinski definition) is 4. The van der Waals surface area contributed by atoms with Gasteiger partial charge in [-0.2, -0.15) is 0 Å². The Balaban J connectivity index is 1.58. The first kappa shape index (κ1) is 21.6. The van der Waals surface area contributed by atoms with Crippen molar-refractivity contribution in [3.05, 3.63) is 70.0 Å². The lowest BCUT2D eigenvalue weighted by molar-refractivity contribution is -0.117. The van der Waals surface area contributed by atoms with Gasteiger partial charge in [0.25, 0.3) is 0 Å². The predicted molar refractivity (Wildman–Crippen MR) is 122 cm³/mol. The monoisotopic (exact) mass is 434 g/mol. The molecular weight excluding hydrogens is 408 g/mol. The van der Waals surface area contributed by atoms with E-state index in [1.807, 2.05) is 10.6 Å². The highest BCUT2D eigenvalue weighted by Gasteiger charge is 2.18. The van der Waals surface area contributed by atoms with E-state index < -0.39 is 5.97 Å². The summed E-state index contributed by atoms with van der Waals surface area (Å²) in [6.45, 7) is 0.431. The lowest BCUT2D eigenvalue weighted by Crippen LogP contribution is -2.16. The highest BCUT2D eigenvalue weighted by Crippen LogP contribution is 2.28. The van der Waals surface area contributed by atoms with Crippen molar-refractivity contribution in [1.82, 2.24) is 4.57 Å². The van der Waals surface area contributed by atoms with Gasteiger partial charge >= 0.3 is 5.97 Å². The van der Waals surface area contributed by atoms with Crippen LogP contribution in [0.5, 0.6) is 5.75 Å². The Kier molecular flexibility index (Phi) is 6.25. The van der Waals surface area contributed by atoms with E-state index in [9.17, 15) is 19.5 Å². The number of amides is 1. The highest BCUT2D eigenvalue weighted by molar-refractivity contribution is 5.94. The number of aromatic nitrogens is 1. The fraction of sp³-hybridized carbons (Fsp3) is 0.320. The molecule has 2 N–H and O–H groups in total. The van der Waals surface area contributed by atoms with Gasteiger partial charge in [-0.25, -0.2) is 4.79 Å². The average molecular weight is 434 g/mol. The van der Waals surface area contributed by atoms with Crippen LogP contribution in [0.4, 0.5) is 5.69 Å². The first-order chi connectivity index (χ1) is 15.4. The molecule has 0 radical (unpaired) electrons.